The average Bonchev–Trinajstić information content (AvgIpc) is 2.83. The zero-order chi connectivity index (χ0) is 11.9. The predicted octanol–water partition coefficient (Wildman–Crippen LogP) is 2.52. The molecule has 0 aromatic heterocycles. The van der Waals surface area contributed by atoms with Crippen LogP contribution in [0.5, 0.6) is 11.5 Å². The molecule has 0 atom stereocenters. The second-order valence-corrected chi connectivity index (χ2v) is 4.57. The Labute approximate surface area is 100 Å². The quantitative estimate of drug-likeness (QED) is 0.840. The monoisotopic (exact) mass is 258 g/mol. The van der Waals surface area contributed by atoms with E-state index in [2.05, 4.69) is 19.8 Å². The number of aliphatic imine (C=N–C) groups is 1. The Hall–Kier alpha value is -1.50. The second kappa shape index (κ2) is 3.76. The van der Waals surface area contributed by atoms with E-state index >= 15 is 0 Å². The van der Waals surface area contributed by atoms with Crippen molar-refractivity contribution in [3.8, 4) is 11.5 Å². The molecule has 0 bridgehead atoms. The first-order chi connectivity index (χ1) is 8.12. The highest BCUT2D eigenvalue weighted by molar-refractivity contribution is 8.14. The highest BCUT2D eigenvalue weighted by Gasteiger charge is 2.43. The van der Waals surface area contributed by atoms with Crippen LogP contribution in [0.4, 0.5) is 14.5 Å². The summed E-state index contributed by atoms with van der Waals surface area (Å²) in [4.78, 5) is 4.20. The molecule has 2 aliphatic rings. The van der Waals surface area contributed by atoms with Gasteiger partial charge in [-0.3, -0.25) is 4.99 Å². The van der Waals surface area contributed by atoms with Gasteiger partial charge in [0.05, 0.1) is 6.54 Å². The van der Waals surface area contributed by atoms with Gasteiger partial charge in [0, 0.05) is 17.5 Å². The highest BCUT2D eigenvalue weighted by atomic mass is 32.2. The van der Waals surface area contributed by atoms with Crippen LogP contribution in [0.3, 0.4) is 0 Å². The topological polar surface area (TPSA) is 42.8 Å². The van der Waals surface area contributed by atoms with Crippen LogP contribution in [0, 0.1) is 0 Å². The molecule has 4 nitrogen and oxygen atoms in total. The number of benzene rings is 1. The zero-order valence-corrected chi connectivity index (χ0v) is 9.39. The normalized spacial score (nSPS) is 20.2. The zero-order valence-electron chi connectivity index (χ0n) is 8.57. The van der Waals surface area contributed by atoms with Gasteiger partial charge in [-0.1, -0.05) is 11.8 Å². The van der Waals surface area contributed by atoms with E-state index in [1.165, 1.54) is 12.1 Å². The summed E-state index contributed by atoms with van der Waals surface area (Å²) >= 11 is 1.59. The Morgan fingerprint density at radius 1 is 1.29 bits per heavy atom. The van der Waals surface area contributed by atoms with Crippen LogP contribution in [0.15, 0.2) is 23.2 Å². The molecule has 1 N–H and O–H groups in total. The SMILES string of the molecule is FC1(F)Oc2ccc(NC3=NCCS3)cc2O1. The first-order valence-corrected chi connectivity index (χ1v) is 5.95. The predicted molar refractivity (Wildman–Crippen MR) is 61.0 cm³/mol. The third-order valence-corrected chi connectivity index (χ3v) is 3.13. The van der Waals surface area contributed by atoms with Gasteiger partial charge in [-0.25, -0.2) is 0 Å². The van der Waals surface area contributed by atoms with E-state index in [9.17, 15) is 8.78 Å². The summed E-state index contributed by atoms with van der Waals surface area (Å²) in [5, 5.41) is 3.82. The van der Waals surface area contributed by atoms with Crippen LogP contribution in [0.25, 0.3) is 0 Å². The molecule has 0 aliphatic carbocycles. The van der Waals surface area contributed by atoms with Crippen molar-refractivity contribution in [2.24, 2.45) is 4.99 Å². The molecule has 0 spiro atoms. The van der Waals surface area contributed by atoms with Gasteiger partial charge in [-0.2, -0.15) is 0 Å². The van der Waals surface area contributed by atoms with E-state index in [1.807, 2.05) is 0 Å². The highest BCUT2D eigenvalue weighted by Crippen LogP contribution is 2.42. The van der Waals surface area contributed by atoms with Crippen LogP contribution >= 0.6 is 11.8 Å². The number of halogens is 2. The number of alkyl halides is 2. The summed E-state index contributed by atoms with van der Waals surface area (Å²) in [6.07, 6.45) is -3.57. The molecule has 0 saturated carbocycles. The lowest BCUT2D eigenvalue weighted by Crippen LogP contribution is -2.25. The third-order valence-electron chi connectivity index (χ3n) is 2.24. The minimum Gasteiger partial charge on any atom is -0.395 e. The van der Waals surface area contributed by atoms with Gasteiger partial charge in [0.15, 0.2) is 16.7 Å². The smallest absolute Gasteiger partial charge is 0.395 e. The van der Waals surface area contributed by atoms with E-state index in [-0.39, 0.29) is 11.5 Å². The summed E-state index contributed by atoms with van der Waals surface area (Å²) < 4.78 is 34.2. The first-order valence-electron chi connectivity index (χ1n) is 4.97. The molecule has 2 aliphatic heterocycles. The fraction of sp³-hybridized carbons (Fsp3) is 0.300. The summed E-state index contributed by atoms with van der Waals surface area (Å²) in [6, 6.07) is 4.56. The van der Waals surface area contributed by atoms with Crippen molar-refractivity contribution in [2.75, 3.05) is 17.6 Å². The van der Waals surface area contributed by atoms with Crippen LogP contribution in [0.1, 0.15) is 0 Å². The van der Waals surface area contributed by atoms with Crippen molar-refractivity contribution in [3.63, 3.8) is 0 Å². The van der Waals surface area contributed by atoms with Crippen molar-refractivity contribution < 1.29 is 18.3 Å². The maximum atomic E-state index is 12.8. The van der Waals surface area contributed by atoms with E-state index in [0.29, 0.717) is 5.69 Å². The standard InChI is InChI=1S/C10H8F2N2O2S/c11-10(12)15-7-2-1-6(5-8(7)16-10)14-9-13-3-4-17-9/h1-2,5H,3-4H2,(H,13,14). The molecule has 1 aromatic carbocycles. The van der Waals surface area contributed by atoms with Crippen LogP contribution < -0.4 is 14.8 Å². The van der Waals surface area contributed by atoms with Crippen molar-refractivity contribution >= 4 is 22.6 Å². The number of anilines is 1. The summed E-state index contributed by atoms with van der Waals surface area (Å²) in [5.74, 6) is 1.01. The van der Waals surface area contributed by atoms with E-state index in [0.717, 1.165) is 17.5 Å². The molecule has 1 aromatic rings. The molecule has 17 heavy (non-hydrogen) atoms. The summed E-state index contributed by atoms with van der Waals surface area (Å²) in [6.45, 7) is 0.773. The molecule has 7 heteroatoms. The van der Waals surface area contributed by atoms with Crippen molar-refractivity contribution in [1.29, 1.82) is 0 Å². The van der Waals surface area contributed by atoms with Gasteiger partial charge < -0.3 is 14.8 Å². The molecule has 90 valence electrons. The van der Waals surface area contributed by atoms with Crippen molar-refractivity contribution in [3.05, 3.63) is 18.2 Å². The number of rotatable bonds is 1. The fourth-order valence-electron chi connectivity index (χ4n) is 1.56. The molecule has 0 unspecified atom stereocenters. The number of thioether (sulfide) groups is 1. The Morgan fingerprint density at radius 3 is 2.88 bits per heavy atom. The van der Waals surface area contributed by atoms with Crippen LogP contribution in [-0.4, -0.2) is 23.8 Å². The van der Waals surface area contributed by atoms with E-state index in [1.54, 1.807) is 17.8 Å². The van der Waals surface area contributed by atoms with Gasteiger partial charge in [0.2, 0.25) is 0 Å². The minimum absolute atomic E-state index is 0.0311. The minimum atomic E-state index is -3.57. The van der Waals surface area contributed by atoms with Crippen LogP contribution in [-0.2, 0) is 0 Å². The van der Waals surface area contributed by atoms with Gasteiger partial charge in [-0.05, 0) is 12.1 Å². The lowest BCUT2D eigenvalue weighted by atomic mass is 10.3. The number of nitrogens with one attached hydrogen (secondary N) is 1. The van der Waals surface area contributed by atoms with Crippen molar-refractivity contribution in [2.45, 2.75) is 6.29 Å². The maximum Gasteiger partial charge on any atom is 0.586 e. The number of ether oxygens (including phenoxy) is 2. The Bertz CT molecular complexity index is 493. The summed E-state index contributed by atoms with van der Waals surface area (Å²) in [5.41, 5.74) is 0.651. The van der Waals surface area contributed by atoms with Gasteiger partial charge in [-0.15, -0.1) is 8.78 Å². The number of hydrogen-bond acceptors (Lipinski definition) is 5. The third kappa shape index (κ3) is 2.14. The Kier molecular flexibility index (Phi) is 2.36. The number of hydrogen-bond donors (Lipinski definition) is 1. The van der Waals surface area contributed by atoms with E-state index < -0.39 is 6.29 Å². The lowest BCUT2D eigenvalue weighted by Gasteiger charge is -2.05. The second-order valence-electron chi connectivity index (χ2n) is 3.49. The average molecular weight is 258 g/mol. The molecule has 0 amide bonds. The van der Waals surface area contributed by atoms with Gasteiger partial charge in [0.25, 0.3) is 0 Å². The Balaban J connectivity index is 1.80. The molecular weight excluding hydrogens is 250 g/mol. The molecule has 0 fully saturated rings. The molecule has 2 heterocycles. The molecular formula is C10H8F2N2O2S. The maximum absolute atomic E-state index is 12.8. The van der Waals surface area contributed by atoms with Crippen LogP contribution in [0.2, 0.25) is 0 Å². The number of fused-ring (bicyclic) bond motifs is 1. The van der Waals surface area contributed by atoms with Gasteiger partial charge >= 0.3 is 6.29 Å². The Morgan fingerprint density at radius 2 is 2.12 bits per heavy atom. The first kappa shape index (κ1) is 10.6. The van der Waals surface area contributed by atoms with Gasteiger partial charge in [0.1, 0.15) is 0 Å². The number of amidine groups is 1. The largest absolute Gasteiger partial charge is 0.586 e. The summed E-state index contributed by atoms with van der Waals surface area (Å²) in [7, 11) is 0. The number of nitrogens with zero attached hydrogens (tertiary/aromatic N) is 1. The lowest BCUT2D eigenvalue weighted by molar-refractivity contribution is -0.286. The molecule has 0 saturated heterocycles. The fourth-order valence-corrected chi connectivity index (χ4v) is 2.31. The van der Waals surface area contributed by atoms with E-state index in [4.69, 9.17) is 0 Å². The van der Waals surface area contributed by atoms with Crippen molar-refractivity contribution in [1.82, 2.24) is 0 Å². The molecule has 0 radical (unpaired) electrons. The molecule has 3 rings (SSSR count).